The maximum atomic E-state index is 11.3. The number of aryl methyl sites for hydroxylation is 1. The molecule has 0 aliphatic carbocycles. The van der Waals surface area contributed by atoms with Crippen LogP contribution in [0.25, 0.3) is 0 Å². The largest absolute Gasteiger partial charge is 0.368 e. The van der Waals surface area contributed by atoms with E-state index in [9.17, 15) is 10.1 Å². The van der Waals surface area contributed by atoms with E-state index >= 15 is 0 Å². The van der Waals surface area contributed by atoms with Crippen LogP contribution in [-0.4, -0.2) is 31.1 Å². The van der Waals surface area contributed by atoms with E-state index in [1.807, 2.05) is 17.0 Å². The highest BCUT2D eigenvalue weighted by Crippen LogP contribution is 2.30. The van der Waals surface area contributed by atoms with Gasteiger partial charge in [0.25, 0.3) is 5.69 Å². The highest BCUT2D eigenvalue weighted by atomic mass is 16.6. The first kappa shape index (κ1) is 15.8. The monoisotopic (exact) mass is 322 g/mol. The van der Waals surface area contributed by atoms with Crippen molar-refractivity contribution in [1.29, 1.82) is 5.26 Å². The van der Waals surface area contributed by atoms with Crippen molar-refractivity contribution in [1.82, 2.24) is 0 Å². The highest BCUT2D eigenvalue weighted by Gasteiger charge is 2.24. The number of benzene rings is 2. The summed E-state index contributed by atoms with van der Waals surface area (Å²) in [4.78, 5) is 15.2. The average molecular weight is 322 g/mol. The number of nitriles is 1. The van der Waals surface area contributed by atoms with Gasteiger partial charge < -0.3 is 9.80 Å². The summed E-state index contributed by atoms with van der Waals surface area (Å²) in [6, 6.07) is 15.0. The van der Waals surface area contributed by atoms with E-state index in [2.05, 4.69) is 30.0 Å². The van der Waals surface area contributed by atoms with Crippen molar-refractivity contribution in [3.8, 4) is 6.07 Å². The van der Waals surface area contributed by atoms with E-state index in [4.69, 9.17) is 5.26 Å². The standard InChI is InChI=1S/C18H18N4O2/c1-14-3-2-4-16(11-14)20-7-9-21(10-8-20)17-6-5-15(13-19)12-18(17)22(23)24/h2-6,11-12H,7-10H2,1H3. The second kappa shape index (κ2) is 6.59. The van der Waals surface area contributed by atoms with Gasteiger partial charge in [0.05, 0.1) is 16.6 Å². The Bertz CT molecular complexity index is 805. The quantitative estimate of drug-likeness (QED) is 0.641. The van der Waals surface area contributed by atoms with Gasteiger partial charge in [-0.2, -0.15) is 5.26 Å². The minimum Gasteiger partial charge on any atom is -0.368 e. The number of piperazine rings is 1. The van der Waals surface area contributed by atoms with Crippen molar-refractivity contribution in [3.63, 3.8) is 0 Å². The van der Waals surface area contributed by atoms with Gasteiger partial charge in [-0.05, 0) is 36.8 Å². The average Bonchev–Trinajstić information content (AvgIpc) is 2.61. The molecule has 24 heavy (non-hydrogen) atoms. The van der Waals surface area contributed by atoms with Crippen molar-refractivity contribution < 1.29 is 4.92 Å². The van der Waals surface area contributed by atoms with Crippen LogP contribution in [0.5, 0.6) is 0 Å². The molecule has 0 amide bonds. The summed E-state index contributed by atoms with van der Waals surface area (Å²) in [6.07, 6.45) is 0. The number of nitro groups is 1. The minimum absolute atomic E-state index is 0.00180. The Morgan fingerprint density at radius 3 is 2.42 bits per heavy atom. The molecule has 6 nitrogen and oxygen atoms in total. The van der Waals surface area contributed by atoms with Crippen molar-refractivity contribution >= 4 is 17.1 Å². The molecule has 0 atom stereocenters. The summed E-state index contributed by atoms with van der Waals surface area (Å²) < 4.78 is 0. The first-order valence-electron chi connectivity index (χ1n) is 7.83. The Labute approximate surface area is 140 Å². The molecule has 0 unspecified atom stereocenters. The molecule has 1 heterocycles. The van der Waals surface area contributed by atoms with Crippen LogP contribution in [0, 0.1) is 28.4 Å². The second-order valence-corrected chi connectivity index (χ2v) is 5.89. The maximum absolute atomic E-state index is 11.3. The van der Waals surface area contributed by atoms with Gasteiger partial charge in [0, 0.05) is 37.9 Å². The molecule has 122 valence electrons. The van der Waals surface area contributed by atoms with Gasteiger partial charge in [0.2, 0.25) is 0 Å². The first-order valence-corrected chi connectivity index (χ1v) is 7.83. The smallest absolute Gasteiger partial charge is 0.293 e. The summed E-state index contributed by atoms with van der Waals surface area (Å²) in [5.74, 6) is 0. The van der Waals surface area contributed by atoms with Gasteiger partial charge in [-0.15, -0.1) is 0 Å². The normalized spacial score (nSPS) is 14.3. The van der Waals surface area contributed by atoms with Crippen LogP contribution in [0.1, 0.15) is 11.1 Å². The van der Waals surface area contributed by atoms with Crippen molar-refractivity contribution in [2.24, 2.45) is 0 Å². The maximum Gasteiger partial charge on any atom is 0.293 e. The lowest BCUT2D eigenvalue weighted by molar-refractivity contribution is -0.384. The Kier molecular flexibility index (Phi) is 4.34. The molecule has 3 rings (SSSR count). The van der Waals surface area contributed by atoms with Gasteiger partial charge in [-0.3, -0.25) is 10.1 Å². The molecule has 2 aromatic rings. The van der Waals surface area contributed by atoms with Crippen molar-refractivity contribution in [3.05, 3.63) is 63.7 Å². The molecular formula is C18H18N4O2. The number of nitro benzene ring substituents is 1. The Balaban J connectivity index is 1.78. The van der Waals surface area contributed by atoms with E-state index in [-0.39, 0.29) is 5.69 Å². The molecule has 1 saturated heterocycles. The highest BCUT2D eigenvalue weighted by molar-refractivity contribution is 5.66. The number of hydrogen-bond donors (Lipinski definition) is 0. The Morgan fingerprint density at radius 2 is 1.79 bits per heavy atom. The third kappa shape index (κ3) is 3.15. The van der Waals surface area contributed by atoms with Crippen molar-refractivity contribution in [2.75, 3.05) is 36.0 Å². The van der Waals surface area contributed by atoms with Crippen LogP contribution in [0.4, 0.5) is 17.1 Å². The number of hydrogen-bond acceptors (Lipinski definition) is 5. The van der Waals surface area contributed by atoms with Crippen LogP contribution < -0.4 is 9.80 Å². The van der Waals surface area contributed by atoms with E-state index in [0.717, 1.165) is 13.1 Å². The summed E-state index contributed by atoms with van der Waals surface area (Å²) >= 11 is 0. The number of rotatable bonds is 3. The molecule has 0 radical (unpaired) electrons. The van der Waals surface area contributed by atoms with Crippen LogP contribution >= 0.6 is 0 Å². The zero-order chi connectivity index (χ0) is 17.1. The molecule has 0 aromatic heterocycles. The number of nitrogens with zero attached hydrogens (tertiary/aromatic N) is 4. The van der Waals surface area contributed by atoms with Gasteiger partial charge >= 0.3 is 0 Å². The first-order chi connectivity index (χ1) is 11.6. The van der Waals surface area contributed by atoms with Gasteiger partial charge in [0.1, 0.15) is 5.69 Å². The van der Waals surface area contributed by atoms with Crippen LogP contribution in [0.2, 0.25) is 0 Å². The third-order valence-electron chi connectivity index (χ3n) is 4.29. The molecule has 0 saturated carbocycles. The lowest BCUT2D eigenvalue weighted by Crippen LogP contribution is -2.46. The summed E-state index contributed by atoms with van der Waals surface area (Å²) in [5, 5.41) is 20.3. The lowest BCUT2D eigenvalue weighted by atomic mass is 10.1. The summed E-state index contributed by atoms with van der Waals surface area (Å²) in [5.41, 5.74) is 3.30. The lowest BCUT2D eigenvalue weighted by Gasteiger charge is -2.37. The van der Waals surface area contributed by atoms with E-state index in [0.29, 0.717) is 24.3 Å². The molecule has 2 aromatic carbocycles. The third-order valence-corrected chi connectivity index (χ3v) is 4.29. The van der Waals surface area contributed by atoms with E-state index in [1.54, 1.807) is 12.1 Å². The Hall–Kier alpha value is -3.07. The molecule has 1 fully saturated rings. The molecule has 1 aliphatic rings. The van der Waals surface area contributed by atoms with E-state index < -0.39 is 4.92 Å². The molecule has 0 bridgehead atoms. The summed E-state index contributed by atoms with van der Waals surface area (Å²) in [6.45, 7) is 5.10. The van der Waals surface area contributed by atoms with Gasteiger partial charge in [-0.1, -0.05) is 12.1 Å². The molecule has 0 spiro atoms. The van der Waals surface area contributed by atoms with Crippen LogP contribution in [-0.2, 0) is 0 Å². The van der Waals surface area contributed by atoms with Crippen molar-refractivity contribution in [2.45, 2.75) is 6.92 Å². The minimum atomic E-state index is -0.414. The van der Waals surface area contributed by atoms with E-state index in [1.165, 1.54) is 17.3 Å². The molecule has 1 aliphatic heterocycles. The molecule has 0 N–H and O–H groups in total. The molecular weight excluding hydrogens is 304 g/mol. The predicted octanol–water partition coefficient (Wildman–Crippen LogP) is 3.10. The number of anilines is 2. The second-order valence-electron chi connectivity index (χ2n) is 5.89. The zero-order valence-corrected chi connectivity index (χ0v) is 13.5. The van der Waals surface area contributed by atoms with Crippen LogP contribution in [0.15, 0.2) is 42.5 Å². The van der Waals surface area contributed by atoms with Gasteiger partial charge in [-0.25, -0.2) is 0 Å². The zero-order valence-electron chi connectivity index (χ0n) is 13.5. The fourth-order valence-electron chi connectivity index (χ4n) is 3.04. The summed E-state index contributed by atoms with van der Waals surface area (Å²) in [7, 11) is 0. The fraction of sp³-hybridized carbons (Fsp3) is 0.278. The fourth-order valence-corrected chi connectivity index (χ4v) is 3.04. The molecule has 6 heteroatoms. The van der Waals surface area contributed by atoms with Gasteiger partial charge in [0.15, 0.2) is 0 Å². The predicted molar refractivity (Wildman–Crippen MR) is 93.4 cm³/mol. The van der Waals surface area contributed by atoms with Crippen LogP contribution in [0.3, 0.4) is 0 Å². The Morgan fingerprint density at radius 1 is 1.08 bits per heavy atom. The SMILES string of the molecule is Cc1cccc(N2CCN(c3ccc(C#N)cc3[N+](=O)[O-])CC2)c1. The topological polar surface area (TPSA) is 73.4 Å².